The predicted octanol–water partition coefficient (Wildman–Crippen LogP) is 2.87. The first kappa shape index (κ1) is 14.0. The van der Waals surface area contributed by atoms with Crippen molar-refractivity contribution in [3.8, 4) is 0 Å². The van der Waals surface area contributed by atoms with Gasteiger partial charge >= 0.3 is 0 Å². The Balaban J connectivity index is 2.36. The topological polar surface area (TPSA) is 29.3 Å². The molecule has 0 bridgehead atoms. The van der Waals surface area contributed by atoms with E-state index in [1.807, 2.05) is 0 Å². The molecule has 0 amide bonds. The van der Waals surface area contributed by atoms with Crippen molar-refractivity contribution in [3.63, 3.8) is 0 Å². The van der Waals surface area contributed by atoms with Crippen molar-refractivity contribution in [1.29, 1.82) is 0 Å². The summed E-state index contributed by atoms with van der Waals surface area (Å²) in [5, 5.41) is 0. The number of rotatable bonds is 5. The maximum atomic E-state index is 5.95. The Morgan fingerprint density at radius 1 is 1.06 bits per heavy atom. The van der Waals surface area contributed by atoms with Crippen LogP contribution in [0.1, 0.15) is 53.4 Å². The van der Waals surface area contributed by atoms with Gasteiger partial charge < -0.3 is 10.6 Å². The van der Waals surface area contributed by atoms with Crippen LogP contribution in [0, 0.1) is 11.8 Å². The van der Waals surface area contributed by atoms with Crippen molar-refractivity contribution >= 4 is 0 Å². The molecule has 0 radical (unpaired) electrons. The first-order valence-corrected chi connectivity index (χ1v) is 6.98. The molecule has 2 N–H and O–H groups in total. The third kappa shape index (κ3) is 4.84. The summed E-state index contributed by atoms with van der Waals surface area (Å²) in [6.07, 6.45) is 5.14. The van der Waals surface area contributed by atoms with E-state index in [9.17, 15) is 0 Å². The molecule has 0 aromatic heterocycles. The van der Waals surface area contributed by atoms with Crippen molar-refractivity contribution in [2.24, 2.45) is 17.6 Å². The Morgan fingerprint density at radius 2 is 1.62 bits per heavy atom. The van der Waals surface area contributed by atoms with Gasteiger partial charge in [0, 0.05) is 25.2 Å². The van der Waals surface area contributed by atoms with Crippen LogP contribution in [-0.4, -0.2) is 30.1 Å². The van der Waals surface area contributed by atoms with Crippen LogP contribution in [0.15, 0.2) is 0 Å². The zero-order chi connectivity index (χ0) is 12.1. The molecule has 1 aliphatic rings. The van der Waals surface area contributed by atoms with Crippen molar-refractivity contribution in [2.75, 3.05) is 13.1 Å². The normalized spacial score (nSPS) is 27.0. The Hall–Kier alpha value is -0.0800. The van der Waals surface area contributed by atoms with E-state index in [-0.39, 0.29) is 0 Å². The molecule has 1 aliphatic carbocycles. The van der Waals surface area contributed by atoms with Crippen molar-refractivity contribution in [1.82, 2.24) is 4.90 Å². The first-order valence-electron chi connectivity index (χ1n) is 6.98. The first-order chi connectivity index (χ1) is 7.49. The standard InChI is InChI=1S/C14H30N2/c1-11(2)9-16(12(3)4)10-13-5-7-14(15)8-6-13/h11-14H,5-10,15H2,1-4H3. The van der Waals surface area contributed by atoms with Gasteiger partial charge in [-0.15, -0.1) is 0 Å². The van der Waals surface area contributed by atoms with E-state index in [1.54, 1.807) is 0 Å². The van der Waals surface area contributed by atoms with Crippen LogP contribution in [0.25, 0.3) is 0 Å². The van der Waals surface area contributed by atoms with Gasteiger partial charge in [0.25, 0.3) is 0 Å². The smallest absolute Gasteiger partial charge is 0.00390 e. The van der Waals surface area contributed by atoms with Crippen LogP contribution in [0.4, 0.5) is 0 Å². The SMILES string of the molecule is CC(C)CN(CC1CCC(N)CC1)C(C)C. The minimum Gasteiger partial charge on any atom is -0.328 e. The fourth-order valence-electron chi connectivity index (χ4n) is 2.67. The molecule has 0 aliphatic heterocycles. The van der Waals surface area contributed by atoms with Crippen molar-refractivity contribution < 1.29 is 0 Å². The summed E-state index contributed by atoms with van der Waals surface area (Å²) in [6.45, 7) is 11.8. The molecule has 0 heterocycles. The Kier molecular flexibility index (Phi) is 5.77. The largest absolute Gasteiger partial charge is 0.328 e. The fraction of sp³-hybridized carbons (Fsp3) is 1.00. The number of nitrogens with zero attached hydrogens (tertiary/aromatic N) is 1. The van der Waals surface area contributed by atoms with Gasteiger partial charge in [0.15, 0.2) is 0 Å². The highest BCUT2D eigenvalue weighted by molar-refractivity contribution is 4.78. The molecular weight excluding hydrogens is 196 g/mol. The van der Waals surface area contributed by atoms with E-state index in [2.05, 4.69) is 32.6 Å². The van der Waals surface area contributed by atoms with E-state index in [1.165, 1.54) is 38.8 Å². The summed E-state index contributed by atoms with van der Waals surface area (Å²) in [7, 11) is 0. The van der Waals surface area contributed by atoms with Crippen LogP contribution in [0.5, 0.6) is 0 Å². The minimum atomic E-state index is 0.480. The summed E-state index contributed by atoms with van der Waals surface area (Å²) < 4.78 is 0. The fourth-order valence-corrected chi connectivity index (χ4v) is 2.67. The van der Waals surface area contributed by atoms with Crippen LogP contribution in [0.2, 0.25) is 0 Å². The zero-order valence-electron chi connectivity index (χ0n) is 11.6. The molecule has 1 saturated carbocycles. The van der Waals surface area contributed by atoms with E-state index in [4.69, 9.17) is 5.73 Å². The quantitative estimate of drug-likeness (QED) is 0.781. The molecule has 0 atom stereocenters. The molecule has 0 spiro atoms. The Labute approximate surface area is 102 Å². The van der Waals surface area contributed by atoms with Gasteiger partial charge in [-0.2, -0.15) is 0 Å². The minimum absolute atomic E-state index is 0.480. The van der Waals surface area contributed by atoms with E-state index in [0.717, 1.165) is 11.8 Å². The van der Waals surface area contributed by atoms with Gasteiger partial charge in [-0.3, -0.25) is 0 Å². The molecule has 0 aromatic carbocycles. The van der Waals surface area contributed by atoms with E-state index >= 15 is 0 Å². The van der Waals surface area contributed by atoms with Gasteiger partial charge in [-0.25, -0.2) is 0 Å². The highest BCUT2D eigenvalue weighted by atomic mass is 15.1. The van der Waals surface area contributed by atoms with Crippen molar-refractivity contribution in [2.45, 2.75) is 65.5 Å². The van der Waals surface area contributed by atoms with Crippen molar-refractivity contribution in [3.05, 3.63) is 0 Å². The zero-order valence-corrected chi connectivity index (χ0v) is 11.6. The molecule has 96 valence electrons. The third-order valence-corrected chi connectivity index (χ3v) is 3.71. The van der Waals surface area contributed by atoms with E-state index in [0.29, 0.717) is 12.1 Å². The van der Waals surface area contributed by atoms with Crippen LogP contribution < -0.4 is 5.73 Å². The van der Waals surface area contributed by atoms with Gasteiger partial charge in [0.2, 0.25) is 0 Å². The average Bonchev–Trinajstić information content (AvgIpc) is 2.19. The van der Waals surface area contributed by atoms with E-state index < -0.39 is 0 Å². The Bertz CT molecular complexity index is 181. The third-order valence-electron chi connectivity index (χ3n) is 3.71. The lowest BCUT2D eigenvalue weighted by Crippen LogP contribution is -2.40. The van der Waals surface area contributed by atoms with Gasteiger partial charge in [-0.05, 0) is 51.4 Å². The lowest BCUT2D eigenvalue weighted by atomic mass is 9.86. The predicted molar refractivity (Wildman–Crippen MR) is 71.5 cm³/mol. The van der Waals surface area contributed by atoms with Gasteiger partial charge in [0.1, 0.15) is 0 Å². The summed E-state index contributed by atoms with van der Waals surface area (Å²) in [5.74, 6) is 1.66. The van der Waals surface area contributed by atoms with Crippen LogP contribution in [-0.2, 0) is 0 Å². The highest BCUT2D eigenvalue weighted by Crippen LogP contribution is 2.24. The summed E-state index contributed by atoms with van der Waals surface area (Å²) in [6, 6.07) is 1.16. The molecule has 16 heavy (non-hydrogen) atoms. The average molecular weight is 226 g/mol. The lowest BCUT2D eigenvalue weighted by Gasteiger charge is -2.34. The molecule has 0 aromatic rings. The summed E-state index contributed by atoms with van der Waals surface area (Å²) >= 11 is 0. The maximum absolute atomic E-state index is 5.95. The highest BCUT2D eigenvalue weighted by Gasteiger charge is 2.22. The lowest BCUT2D eigenvalue weighted by molar-refractivity contribution is 0.146. The number of hydrogen-bond donors (Lipinski definition) is 1. The second kappa shape index (κ2) is 6.61. The monoisotopic (exact) mass is 226 g/mol. The molecular formula is C14H30N2. The molecule has 0 unspecified atom stereocenters. The molecule has 2 nitrogen and oxygen atoms in total. The maximum Gasteiger partial charge on any atom is 0.00390 e. The molecule has 0 saturated heterocycles. The van der Waals surface area contributed by atoms with Crippen LogP contribution >= 0.6 is 0 Å². The number of hydrogen-bond acceptors (Lipinski definition) is 2. The Morgan fingerprint density at radius 3 is 2.06 bits per heavy atom. The number of nitrogens with two attached hydrogens (primary N) is 1. The summed E-state index contributed by atoms with van der Waals surface area (Å²) in [4.78, 5) is 2.65. The van der Waals surface area contributed by atoms with Gasteiger partial charge in [-0.1, -0.05) is 13.8 Å². The summed E-state index contributed by atoms with van der Waals surface area (Å²) in [5.41, 5.74) is 5.95. The molecule has 2 heteroatoms. The second-order valence-corrected chi connectivity index (χ2v) is 6.22. The molecule has 1 rings (SSSR count). The van der Waals surface area contributed by atoms with Crippen LogP contribution in [0.3, 0.4) is 0 Å². The van der Waals surface area contributed by atoms with Gasteiger partial charge in [0.05, 0.1) is 0 Å². The second-order valence-electron chi connectivity index (χ2n) is 6.22. The molecule has 1 fully saturated rings.